The highest BCUT2D eigenvalue weighted by Crippen LogP contribution is 2.22. The van der Waals surface area contributed by atoms with E-state index < -0.39 is 0 Å². The van der Waals surface area contributed by atoms with Crippen molar-refractivity contribution in [3.63, 3.8) is 0 Å². The van der Waals surface area contributed by atoms with Crippen molar-refractivity contribution in [3.05, 3.63) is 24.0 Å². The molecule has 0 radical (unpaired) electrons. The van der Waals surface area contributed by atoms with Crippen molar-refractivity contribution < 1.29 is 0 Å². The first-order valence-electron chi connectivity index (χ1n) is 3.84. The van der Waals surface area contributed by atoms with E-state index >= 15 is 0 Å². The molecule has 0 fully saturated rings. The average molecular weight is 189 g/mol. The molecular formula is C9H7N3S. The van der Waals surface area contributed by atoms with E-state index in [1.165, 1.54) is 0 Å². The van der Waals surface area contributed by atoms with E-state index in [9.17, 15) is 0 Å². The van der Waals surface area contributed by atoms with Gasteiger partial charge in [0.2, 0.25) is 0 Å². The summed E-state index contributed by atoms with van der Waals surface area (Å²) in [4.78, 5) is 11.4. The predicted molar refractivity (Wildman–Crippen MR) is 55.5 cm³/mol. The number of hydrogen-bond donors (Lipinski definition) is 1. The minimum absolute atomic E-state index is 0.761. The predicted octanol–water partition coefficient (Wildman–Crippen LogP) is 2.61. The van der Waals surface area contributed by atoms with Crippen molar-refractivity contribution in [2.45, 2.75) is 6.92 Å². The third-order valence-corrected chi connectivity index (χ3v) is 1.87. The lowest BCUT2D eigenvalue weighted by molar-refractivity contribution is 1.17. The molecule has 0 saturated heterocycles. The summed E-state index contributed by atoms with van der Waals surface area (Å²) in [7, 11) is 0. The highest BCUT2D eigenvalue weighted by Gasteiger charge is 2.02. The van der Waals surface area contributed by atoms with Gasteiger partial charge in [0, 0.05) is 0 Å². The van der Waals surface area contributed by atoms with E-state index in [1.807, 2.05) is 25.1 Å². The molecule has 4 heteroatoms. The minimum Gasteiger partial charge on any atom is -0.342 e. The molecule has 0 aliphatic carbocycles. The Balaban J connectivity index is 2.81. The maximum atomic E-state index is 4.55. The summed E-state index contributed by atoms with van der Waals surface area (Å²) in [6.45, 7) is 1.91. The Bertz CT molecular complexity index is 495. The van der Waals surface area contributed by atoms with Crippen molar-refractivity contribution in [2.75, 3.05) is 0 Å². The molecule has 0 amide bonds. The topological polar surface area (TPSA) is 41.0 Å². The zero-order valence-electron chi connectivity index (χ0n) is 7.03. The number of aliphatic imine (C=N–C) groups is 1. The largest absolute Gasteiger partial charge is 0.342 e. The number of hydrogen-bond acceptors (Lipinski definition) is 3. The van der Waals surface area contributed by atoms with Gasteiger partial charge in [0.05, 0.1) is 10.7 Å². The van der Waals surface area contributed by atoms with Crippen molar-refractivity contribution in [1.29, 1.82) is 0 Å². The maximum Gasteiger partial charge on any atom is 0.115 e. The van der Waals surface area contributed by atoms with Crippen molar-refractivity contribution >= 4 is 34.1 Å². The molecule has 2 rings (SSSR count). The Morgan fingerprint density at radius 1 is 1.54 bits per heavy atom. The number of fused-ring (bicyclic) bond motifs is 1. The number of rotatable bonds is 1. The SMILES string of the molecule is Cc1nc2c(N=C=S)cccc2[nH]1. The van der Waals surface area contributed by atoms with E-state index in [4.69, 9.17) is 0 Å². The monoisotopic (exact) mass is 189 g/mol. The molecular weight excluding hydrogens is 182 g/mol. The molecule has 0 spiro atoms. The molecule has 1 heterocycles. The van der Waals surface area contributed by atoms with Gasteiger partial charge in [-0.25, -0.2) is 4.98 Å². The lowest BCUT2D eigenvalue weighted by atomic mass is 10.3. The number of isothiocyanates is 1. The summed E-state index contributed by atoms with van der Waals surface area (Å²) in [6.07, 6.45) is 0. The highest BCUT2D eigenvalue weighted by atomic mass is 32.1. The summed E-state index contributed by atoms with van der Waals surface area (Å²) in [6, 6.07) is 5.73. The first kappa shape index (κ1) is 8.10. The third-order valence-electron chi connectivity index (χ3n) is 1.78. The van der Waals surface area contributed by atoms with Gasteiger partial charge in [-0.15, -0.1) is 0 Å². The first-order valence-corrected chi connectivity index (χ1v) is 4.25. The number of aryl methyl sites for hydroxylation is 1. The maximum absolute atomic E-state index is 4.55. The smallest absolute Gasteiger partial charge is 0.115 e. The molecule has 0 atom stereocenters. The van der Waals surface area contributed by atoms with Crippen LogP contribution in [0.3, 0.4) is 0 Å². The van der Waals surface area contributed by atoms with Gasteiger partial charge in [-0.2, -0.15) is 4.99 Å². The van der Waals surface area contributed by atoms with Crippen LogP contribution in [0.5, 0.6) is 0 Å². The second-order valence-electron chi connectivity index (χ2n) is 2.70. The van der Waals surface area contributed by atoms with Crippen LogP contribution in [0.15, 0.2) is 23.2 Å². The number of nitrogens with one attached hydrogen (secondary N) is 1. The van der Waals surface area contributed by atoms with Gasteiger partial charge < -0.3 is 4.98 Å². The molecule has 2 aromatic rings. The molecule has 0 aliphatic heterocycles. The van der Waals surface area contributed by atoms with Crippen LogP contribution in [-0.4, -0.2) is 15.1 Å². The number of para-hydroxylation sites is 1. The Kier molecular flexibility index (Phi) is 1.93. The summed E-state index contributed by atoms with van der Waals surface area (Å²) < 4.78 is 0. The molecule has 13 heavy (non-hydrogen) atoms. The van der Waals surface area contributed by atoms with Crippen molar-refractivity contribution in [1.82, 2.24) is 9.97 Å². The van der Waals surface area contributed by atoms with Crippen molar-refractivity contribution in [2.24, 2.45) is 4.99 Å². The summed E-state index contributed by atoms with van der Waals surface area (Å²) in [5.74, 6) is 0.877. The summed E-state index contributed by atoms with van der Waals surface area (Å²) in [5.41, 5.74) is 2.58. The van der Waals surface area contributed by atoms with Gasteiger partial charge in [0.15, 0.2) is 0 Å². The zero-order valence-corrected chi connectivity index (χ0v) is 7.85. The molecule has 3 nitrogen and oxygen atoms in total. The Hall–Kier alpha value is -1.51. The summed E-state index contributed by atoms with van der Waals surface area (Å²) in [5, 5.41) is 2.34. The Morgan fingerprint density at radius 3 is 3.15 bits per heavy atom. The lowest BCUT2D eigenvalue weighted by Gasteiger charge is -1.90. The van der Waals surface area contributed by atoms with Crippen LogP contribution in [0.1, 0.15) is 5.82 Å². The number of nitrogens with zero attached hydrogens (tertiary/aromatic N) is 2. The zero-order chi connectivity index (χ0) is 9.26. The molecule has 1 N–H and O–H groups in total. The highest BCUT2D eigenvalue weighted by molar-refractivity contribution is 7.78. The number of benzene rings is 1. The van der Waals surface area contributed by atoms with E-state index in [0.717, 1.165) is 22.5 Å². The van der Waals surface area contributed by atoms with Crippen LogP contribution in [0.4, 0.5) is 5.69 Å². The molecule has 1 aromatic carbocycles. The number of imidazole rings is 1. The van der Waals surface area contributed by atoms with Crippen LogP contribution >= 0.6 is 12.2 Å². The van der Waals surface area contributed by atoms with Crippen LogP contribution < -0.4 is 0 Å². The second kappa shape index (κ2) is 3.09. The number of aromatic nitrogens is 2. The van der Waals surface area contributed by atoms with Crippen LogP contribution in [0.2, 0.25) is 0 Å². The van der Waals surface area contributed by atoms with Gasteiger partial charge in [-0.1, -0.05) is 6.07 Å². The van der Waals surface area contributed by atoms with Gasteiger partial charge in [-0.05, 0) is 31.3 Å². The molecule has 0 aliphatic rings. The summed E-state index contributed by atoms with van der Waals surface area (Å²) >= 11 is 4.55. The fourth-order valence-corrected chi connectivity index (χ4v) is 1.38. The van der Waals surface area contributed by atoms with Crippen LogP contribution in [-0.2, 0) is 0 Å². The number of aromatic amines is 1. The van der Waals surface area contributed by atoms with E-state index in [0.29, 0.717) is 0 Å². The van der Waals surface area contributed by atoms with Crippen LogP contribution in [0.25, 0.3) is 11.0 Å². The molecule has 0 unspecified atom stereocenters. The molecule has 0 bridgehead atoms. The standard InChI is InChI=1S/C9H7N3S/c1-6-11-8-4-2-3-7(10-5-13)9(8)12-6/h2-4H,1H3,(H,11,12). The fourth-order valence-electron chi connectivity index (χ4n) is 1.28. The van der Waals surface area contributed by atoms with Gasteiger partial charge in [-0.3, -0.25) is 0 Å². The fraction of sp³-hybridized carbons (Fsp3) is 0.111. The normalized spacial score (nSPS) is 9.92. The average Bonchev–Trinajstić information content (AvgIpc) is 2.47. The molecule has 0 saturated carbocycles. The molecule has 64 valence electrons. The first-order chi connectivity index (χ1) is 6.31. The van der Waals surface area contributed by atoms with Crippen LogP contribution in [0, 0.1) is 6.92 Å². The quantitative estimate of drug-likeness (QED) is 0.553. The second-order valence-corrected chi connectivity index (χ2v) is 2.88. The van der Waals surface area contributed by atoms with E-state index in [-0.39, 0.29) is 0 Å². The van der Waals surface area contributed by atoms with Gasteiger partial charge >= 0.3 is 0 Å². The molecule has 1 aromatic heterocycles. The minimum atomic E-state index is 0.761. The van der Waals surface area contributed by atoms with Gasteiger partial charge in [0.25, 0.3) is 0 Å². The lowest BCUT2D eigenvalue weighted by Crippen LogP contribution is -1.70. The Morgan fingerprint density at radius 2 is 2.38 bits per heavy atom. The number of thiocarbonyl (C=S) groups is 1. The Labute approximate surface area is 80.5 Å². The van der Waals surface area contributed by atoms with E-state index in [2.05, 4.69) is 32.3 Å². The van der Waals surface area contributed by atoms with Gasteiger partial charge in [0.1, 0.15) is 17.0 Å². The van der Waals surface area contributed by atoms with E-state index in [1.54, 1.807) is 0 Å². The van der Waals surface area contributed by atoms with Crippen molar-refractivity contribution in [3.8, 4) is 0 Å². The third kappa shape index (κ3) is 1.37. The number of H-pyrrole nitrogens is 1.